The Labute approximate surface area is 138 Å². The van der Waals surface area contributed by atoms with Crippen molar-refractivity contribution in [3.63, 3.8) is 0 Å². The minimum absolute atomic E-state index is 0.162. The number of halogens is 5. The average molecular weight is 358 g/mol. The maximum atomic E-state index is 13.2. The Hall–Kier alpha value is -2.78. The van der Waals surface area contributed by atoms with Crippen LogP contribution in [-0.4, -0.2) is 32.3 Å². The van der Waals surface area contributed by atoms with Crippen LogP contribution in [0.25, 0.3) is 22.4 Å². The number of aromatic nitrogens is 4. The molecule has 10 heteroatoms. The predicted octanol–water partition coefficient (Wildman–Crippen LogP) is 4.05. The Kier molecular flexibility index (Phi) is 4.05. The maximum Gasteiger partial charge on any atom is 0.573 e. The summed E-state index contributed by atoms with van der Waals surface area (Å²) in [6.45, 7) is 0.0715. The highest BCUT2D eigenvalue weighted by Crippen LogP contribution is 2.27. The topological polar surface area (TPSA) is 52.8 Å². The van der Waals surface area contributed by atoms with Crippen molar-refractivity contribution in [3.8, 4) is 17.0 Å². The molecule has 0 N–H and O–H groups in total. The van der Waals surface area contributed by atoms with Crippen LogP contribution >= 0.6 is 0 Å². The Morgan fingerprint density at radius 2 is 1.68 bits per heavy atom. The zero-order chi connectivity index (χ0) is 18.2. The molecular weight excluding hydrogens is 347 g/mol. The smallest absolute Gasteiger partial charge is 0.406 e. The molecule has 0 atom stereocenters. The highest BCUT2D eigenvalue weighted by Gasteiger charge is 2.31. The van der Waals surface area contributed by atoms with E-state index in [1.165, 1.54) is 12.1 Å². The minimum atomic E-state index is -4.78. The fourth-order valence-electron chi connectivity index (χ4n) is 2.21. The molecule has 1 aromatic carbocycles. The summed E-state index contributed by atoms with van der Waals surface area (Å²) in [7, 11) is 0. The van der Waals surface area contributed by atoms with Gasteiger partial charge in [-0.25, -0.2) is 18.4 Å². The molecule has 0 bridgehead atoms. The van der Waals surface area contributed by atoms with Crippen molar-refractivity contribution < 1.29 is 26.7 Å². The first-order valence-corrected chi connectivity index (χ1v) is 7.05. The number of ether oxygens (including phenoxy) is 1. The number of hydrogen-bond acceptors (Lipinski definition) is 4. The Morgan fingerprint density at radius 1 is 1.00 bits per heavy atom. The molecule has 0 saturated heterocycles. The van der Waals surface area contributed by atoms with Crippen LogP contribution in [0.4, 0.5) is 22.0 Å². The summed E-state index contributed by atoms with van der Waals surface area (Å²) in [5, 5.41) is 7.41. The van der Waals surface area contributed by atoms with Crippen LogP contribution in [0.2, 0.25) is 0 Å². The van der Waals surface area contributed by atoms with Gasteiger partial charge in [0.05, 0.1) is 5.69 Å². The number of nitrogens with zero attached hydrogens (tertiary/aromatic N) is 4. The van der Waals surface area contributed by atoms with E-state index in [0.717, 1.165) is 23.7 Å². The second-order valence-electron chi connectivity index (χ2n) is 5.43. The molecule has 0 amide bonds. The fraction of sp³-hybridized carbons (Fsp3) is 0.267. The maximum absolute atomic E-state index is 13.2. The molecule has 132 valence electrons. The molecule has 3 rings (SSSR count). The van der Waals surface area contributed by atoms with E-state index in [0.29, 0.717) is 16.8 Å². The first-order chi connectivity index (χ1) is 11.6. The largest absolute Gasteiger partial charge is 0.573 e. The van der Waals surface area contributed by atoms with Gasteiger partial charge in [0.25, 0.3) is 5.92 Å². The Morgan fingerprint density at radius 3 is 2.28 bits per heavy atom. The van der Waals surface area contributed by atoms with Gasteiger partial charge in [0.1, 0.15) is 17.8 Å². The summed E-state index contributed by atoms with van der Waals surface area (Å²) in [5.41, 5.74) is 1.38. The van der Waals surface area contributed by atoms with Crippen LogP contribution in [0.3, 0.4) is 0 Å². The quantitative estimate of drug-likeness (QED) is 0.661. The number of hydrogen-bond donors (Lipinski definition) is 0. The second kappa shape index (κ2) is 5.94. The third kappa shape index (κ3) is 4.20. The van der Waals surface area contributed by atoms with Crippen molar-refractivity contribution in [1.29, 1.82) is 0 Å². The number of alkyl halides is 5. The van der Waals surface area contributed by atoms with Crippen LogP contribution in [0.5, 0.6) is 5.75 Å². The Balaban J connectivity index is 1.92. The molecular formula is C15H11F5N4O. The fourth-order valence-corrected chi connectivity index (χ4v) is 2.21. The van der Waals surface area contributed by atoms with Crippen LogP contribution in [0.1, 0.15) is 6.92 Å². The summed E-state index contributed by atoms with van der Waals surface area (Å²) in [5.74, 6) is -3.36. The van der Waals surface area contributed by atoms with Gasteiger partial charge in [-0.2, -0.15) is 0 Å². The van der Waals surface area contributed by atoms with E-state index in [1.54, 1.807) is 12.1 Å². The van der Waals surface area contributed by atoms with Gasteiger partial charge in [-0.05, 0) is 36.4 Å². The third-order valence-electron chi connectivity index (χ3n) is 3.17. The van der Waals surface area contributed by atoms with Crippen LogP contribution < -0.4 is 4.74 Å². The lowest BCUT2D eigenvalue weighted by molar-refractivity contribution is -0.274. The molecule has 2 heterocycles. The minimum Gasteiger partial charge on any atom is -0.406 e. The van der Waals surface area contributed by atoms with Gasteiger partial charge >= 0.3 is 6.36 Å². The average Bonchev–Trinajstić information content (AvgIpc) is 2.87. The first kappa shape index (κ1) is 17.1. The van der Waals surface area contributed by atoms with Gasteiger partial charge in [0.2, 0.25) is 0 Å². The molecule has 25 heavy (non-hydrogen) atoms. The summed E-state index contributed by atoms with van der Waals surface area (Å²) < 4.78 is 67.7. The van der Waals surface area contributed by atoms with Gasteiger partial charge < -0.3 is 4.74 Å². The highest BCUT2D eigenvalue weighted by atomic mass is 19.4. The van der Waals surface area contributed by atoms with E-state index in [4.69, 9.17) is 0 Å². The third-order valence-corrected chi connectivity index (χ3v) is 3.17. The lowest BCUT2D eigenvalue weighted by atomic mass is 10.1. The van der Waals surface area contributed by atoms with Crippen LogP contribution in [-0.2, 0) is 6.54 Å². The van der Waals surface area contributed by atoms with Gasteiger partial charge in [-0.3, -0.25) is 0 Å². The Bertz CT molecular complexity index is 884. The first-order valence-electron chi connectivity index (χ1n) is 7.05. The van der Waals surface area contributed by atoms with Gasteiger partial charge in [0.15, 0.2) is 5.65 Å². The normalized spacial score (nSPS) is 12.6. The molecule has 0 unspecified atom stereocenters. The predicted molar refractivity (Wildman–Crippen MR) is 78.1 cm³/mol. The molecule has 0 saturated carbocycles. The molecule has 0 radical (unpaired) electrons. The number of benzene rings is 1. The highest BCUT2D eigenvalue weighted by molar-refractivity contribution is 5.74. The second-order valence-corrected chi connectivity index (χ2v) is 5.43. The summed E-state index contributed by atoms with van der Waals surface area (Å²) in [6, 6.07) is 8.19. The summed E-state index contributed by atoms with van der Waals surface area (Å²) in [4.78, 5) is 4.24. The SMILES string of the molecule is CC(F)(F)Cn1nnc2ccc(-c3ccc(OC(F)(F)F)cc3)nc21. The van der Waals surface area contributed by atoms with Gasteiger partial charge in [0, 0.05) is 12.5 Å². The zero-order valence-electron chi connectivity index (χ0n) is 12.8. The standard InChI is InChI=1S/C15H11F5N4O/c1-14(16,17)8-24-13-12(22-23-24)7-6-11(21-13)9-2-4-10(5-3-9)25-15(18,19)20/h2-7H,8H2,1H3. The summed E-state index contributed by atoms with van der Waals surface area (Å²) in [6.07, 6.45) is -4.78. The van der Waals surface area contributed by atoms with E-state index in [2.05, 4.69) is 20.0 Å². The lowest BCUT2D eigenvalue weighted by Gasteiger charge is -2.10. The van der Waals surface area contributed by atoms with Crippen molar-refractivity contribution in [1.82, 2.24) is 20.0 Å². The van der Waals surface area contributed by atoms with Crippen LogP contribution in [0, 0.1) is 0 Å². The summed E-state index contributed by atoms with van der Waals surface area (Å²) >= 11 is 0. The van der Waals surface area contributed by atoms with Gasteiger partial charge in [-0.1, -0.05) is 5.21 Å². The lowest BCUT2D eigenvalue weighted by Crippen LogP contribution is -2.20. The number of pyridine rings is 1. The van der Waals surface area contributed by atoms with Crippen molar-refractivity contribution in [2.24, 2.45) is 0 Å². The van der Waals surface area contributed by atoms with Crippen molar-refractivity contribution in [2.75, 3.05) is 0 Å². The zero-order valence-corrected chi connectivity index (χ0v) is 12.8. The molecule has 0 aliphatic heterocycles. The van der Waals surface area contributed by atoms with Crippen molar-refractivity contribution in [3.05, 3.63) is 36.4 Å². The van der Waals surface area contributed by atoms with E-state index in [9.17, 15) is 22.0 Å². The van der Waals surface area contributed by atoms with E-state index < -0.39 is 18.8 Å². The molecule has 3 aromatic rings. The molecule has 2 aromatic heterocycles. The van der Waals surface area contributed by atoms with E-state index >= 15 is 0 Å². The van der Waals surface area contributed by atoms with Gasteiger partial charge in [-0.15, -0.1) is 18.3 Å². The molecule has 0 aliphatic carbocycles. The monoisotopic (exact) mass is 358 g/mol. The number of fused-ring (bicyclic) bond motifs is 1. The van der Waals surface area contributed by atoms with Crippen LogP contribution in [0.15, 0.2) is 36.4 Å². The number of rotatable bonds is 4. The molecule has 0 spiro atoms. The van der Waals surface area contributed by atoms with Crippen molar-refractivity contribution in [2.45, 2.75) is 25.8 Å². The molecule has 5 nitrogen and oxygen atoms in total. The van der Waals surface area contributed by atoms with E-state index in [1.807, 2.05) is 0 Å². The van der Waals surface area contributed by atoms with E-state index in [-0.39, 0.29) is 11.4 Å². The molecule has 0 fully saturated rings. The molecule has 0 aliphatic rings. The van der Waals surface area contributed by atoms with Crippen molar-refractivity contribution >= 4 is 11.2 Å².